The number of carbonyl (C=O) groups excluding carboxylic acids is 2. The third-order valence-electron chi connectivity index (χ3n) is 5.91. The summed E-state index contributed by atoms with van der Waals surface area (Å²) in [7, 11) is 0. The first-order valence-corrected chi connectivity index (χ1v) is 12.8. The molecule has 4 aromatic carbocycles. The quantitative estimate of drug-likeness (QED) is 0.272. The van der Waals surface area contributed by atoms with E-state index in [2.05, 4.69) is 5.32 Å². The summed E-state index contributed by atoms with van der Waals surface area (Å²) in [6.07, 6.45) is 1.86. The summed E-state index contributed by atoms with van der Waals surface area (Å²) in [5.74, 6) is -0.763. The summed E-state index contributed by atoms with van der Waals surface area (Å²) in [5, 5.41) is 3.55. The van der Waals surface area contributed by atoms with Crippen LogP contribution in [0.1, 0.15) is 27.0 Å². The van der Waals surface area contributed by atoms with Gasteiger partial charge in [-0.2, -0.15) is 0 Å². The predicted molar refractivity (Wildman–Crippen MR) is 147 cm³/mol. The van der Waals surface area contributed by atoms with Crippen LogP contribution in [0.4, 0.5) is 10.1 Å². The Labute approximate surface area is 223 Å². The summed E-state index contributed by atoms with van der Waals surface area (Å²) in [6.45, 7) is 0.596. The Kier molecular flexibility index (Phi) is 7.40. The highest BCUT2D eigenvalue weighted by Crippen LogP contribution is 2.43. The van der Waals surface area contributed by atoms with Crippen LogP contribution < -0.4 is 10.2 Å². The van der Waals surface area contributed by atoms with Crippen molar-refractivity contribution in [2.24, 2.45) is 0 Å². The van der Waals surface area contributed by atoms with Crippen molar-refractivity contribution in [3.63, 3.8) is 0 Å². The molecule has 7 heteroatoms. The van der Waals surface area contributed by atoms with Crippen LogP contribution in [0.25, 0.3) is 6.08 Å². The normalized spacial score (nSPS) is 13.9. The maximum absolute atomic E-state index is 13.6. The van der Waals surface area contributed by atoms with Gasteiger partial charge in [0.15, 0.2) is 0 Å². The maximum Gasteiger partial charge on any atom is 0.265 e. The van der Waals surface area contributed by atoms with Crippen molar-refractivity contribution in [1.29, 1.82) is 0 Å². The number of nitrogens with zero attached hydrogens (tertiary/aromatic N) is 1. The van der Waals surface area contributed by atoms with Crippen molar-refractivity contribution in [3.05, 3.63) is 135 Å². The lowest BCUT2D eigenvalue weighted by Gasteiger charge is -2.31. The molecule has 0 bridgehead atoms. The third kappa shape index (κ3) is 5.93. The summed E-state index contributed by atoms with van der Waals surface area (Å²) < 4.78 is 13.5. The van der Waals surface area contributed by atoms with E-state index in [-0.39, 0.29) is 24.2 Å². The van der Waals surface area contributed by atoms with Crippen LogP contribution in [-0.4, -0.2) is 11.8 Å². The zero-order valence-corrected chi connectivity index (χ0v) is 21.2. The van der Waals surface area contributed by atoms with Crippen molar-refractivity contribution >= 4 is 46.9 Å². The minimum atomic E-state index is -0.339. The number of thioether (sulfide) groups is 1. The van der Waals surface area contributed by atoms with E-state index in [4.69, 9.17) is 11.6 Å². The van der Waals surface area contributed by atoms with Gasteiger partial charge in [0.2, 0.25) is 0 Å². The van der Waals surface area contributed by atoms with Gasteiger partial charge in [-0.3, -0.25) is 9.59 Å². The van der Waals surface area contributed by atoms with Crippen LogP contribution in [-0.2, 0) is 17.9 Å². The van der Waals surface area contributed by atoms with Gasteiger partial charge in [-0.1, -0.05) is 78.0 Å². The lowest BCUT2D eigenvalue weighted by molar-refractivity contribution is -0.114. The van der Waals surface area contributed by atoms with Crippen LogP contribution in [0.5, 0.6) is 0 Å². The number of anilines is 1. The molecule has 0 aromatic heterocycles. The van der Waals surface area contributed by atoms with Crippen molar-refractivity contribution < 1.29 is 14.0 Å². The van der Waals surface area contributed by atoms with Crippen molar-refractivity contribution in [2.45, 2.75) is 18.0 Å². The Balaban J connectivity index is 1.45. The third-order valence-corrected chi connectivity index (χ3v) is 7.23. The van der Waals surface area contributed by atoms with Gasteiger partial charge in [-0.15, -0.1) is 0 Å². The number of rotatable bonds is 6. The van der Waals surface area contributed by atoms with E-state index in [0.29, 0.717) is 27.7 Å². The first-order chi connectivity index (χ1) is 18.0. The van der Waals surface area contributed by atoms with E-state index < -0.39 is 0 Å². The van der Waals surface area contributed by atoms with Gasteiger partial charge >= 0.3 is 0 Å². The van der Waals surface area contributed by atoms with Crippen LogP contribution in [0.15, 0.2) is 107 Å². The van der Waals surface area contributed by atoms with Crippen molar-refractivity contribution in [3.8, 4) is 0 Å². The smallest absolute Gasteiger partial charge is 0.265 e. The molecule has 0 spiro atoms. The molecule has 37 heavy (non-hydrogen) atoms. The van der Waals surface area contributed by atoms with E-state index in [1.165, 1.54) is 23.9 Å². The number of hydrogen-bond donors (Lipinski definition) is 1. The van der Waals surface area contributed by atoms with Gasteiger partial charge in [-0.25, -0.2) is 4.39 Å². The molecule has 4 nitrogen and oxygen atoms in total. The van der Waals surface area contributed by atoms with E-state index in [1.54, 1.807) is 41.3 Å². The molecule has 1 aliphatic rings. The van der Waals surface area contributed by atoms with Gasteiger partial charge < -0.3 is 10.2 Å². The molecule has 4 aromatic rings. The second-order valence-electron chi connectivity index (χ2n) is 8.53. The molecular formula is C30H22ClFN2O2S. The van der Waals surface area contributed by atoms with Gasteiger partial charge in [0, 0.05) is 22.0 Å². The first kappa shape index (κ1) is 24.8. The Bertz CT molecular complexity index is 1470. The zero-order chi connectivity index (χ0) is 25.8. The van der Waals surface area contributed by atoms with E-state index in [0.717, 1.165) is 21.6 Å². The van der Waals surface area contributed by atoms with Crippen LogP contribution in [0.3, 0.4) is 0 Å². The highest BCUT2D eigenvalue weighted by Gasteiger charge is 2.30. The lowest BCUT2D eigenvalue weighted by Crippen LogP contribution is -2.34. The molecule has 5 rings (SSSR count). The monoisotopic (exact) mass is 528 g/mol. The summed E-state index contributed by atoms with van der Waals surface area (Å²) in [4.78, 5) is 29.7. The number of halogens is 2. The molecule has 0 fully saturated rings. The molecule has 1 aliphatic heterocycles. The molecule has 0 unspecified atom stereocenters. The van der Waals surface area contributed by atoms with Crippen LogP contribution >= 0.6 is 23.4 Å². The molecule has 0 saturated heterocycles. The zero-order valence-electron chi connectivity index (χ0n) is 19.7. The fourth-order valence-corrected chi connectivity index (χ4v) is 5.13. The van der Waals surface area contributed by atoms with Crippen LogP contribution in [0.2, 0.25) is 5.02 Å². The minimum absolute atomic E-state index is 0.176. The Hall–Kier alpha value is -3.87. The second-order valence-corrected chi connectivity index (χ2v) is 10.1. The number of carbonyl (C=O) groups is 2. The van der Waals surface area contributed by atoms with Gasteiger partial charge in [0.25, 0.3) is 11.8 Å². The van der Waals surface area contributed by atoms with Gasteiger partial charge in [0.1, 0.15) is 5.82 Å². The molecule has 2 amide bonds. The molecule has 184 valence electrons. The van der Waals surface area contributed by atoms with Gasteiger partial charge in [0.05, 0.1) is 17.1 Å². The number of fused-ring (bicyclic) bond motifs is 1. The van der Waals surface area contributed by atoms with E-state index in [9.17, 15) is 14.0 Å². The first-order valence-electron chi connectivity index (χ1n) is 11.6. The topological polar surface area (TPSA) is 49.4 Å². The number of hydrogen-bond acceptors (Lipinski definition) is 3. The SMILES string of the molecule is O=C(NCc1ccc(Cl)cc1)c1ccc2c(c1)N(Cc1ccc(F)cc1)C(=O)/C(=C/c1ccccc1)S2. The van der Waals surface area contributed by atoms with E-state index in [1.807, 2.05) is 54.6 Å². The fraction of sp³-hybridized carbons (Fsp3) is 0.0667. The minimum Gasteiger partial charge on any atom is -0.348 e. The molecule has 0 atom stereocenters. The summed E-state index contributed by atoms with van der Waals surface area (Å²) in [5.41, 5.74) is 3.71. The summed E-state index contributed by atoms with van der Waals surface area (Å²) in [6, 6.07) is 28.3. The molecule has 0 saturated carbocycles. The summed E-state index contributed by atoms with van der Waals surface area (Å²) >= 11 is 7.31. The van der Waals surface area contributed by atoms with Gasteiger partial charge in [-0.05, 0) is 65.2 Å². The highest BCUT2D eigenvalue weighted by atomic mass is 35.5. The maximum atomic E-state index is 13.6. The molecular weight excluding hydrogens is 507 g/mol. The Morgan fingerprint density at radius 1 is 0.919 bits per heavy atom. The average Bonchev–Trinajstić information content (AvgIpc) is 2.92. The standard InChI is InChI=1S/C30H22ClFN2O2S/c31-24-11-6-21(7-12-24)18-33-29(35)23-10-15-27-26(17-23)34(19-22-8-13-25(32)14-9-22)30(36)28(37-27)16-20-4-2-1-3-5-20/h1-17H,18-19H2,(H,33,35)/b28-16-. The average molecular weight is 529 g/mol. The molecule has 0 aliphatic carbocycles. The Morgan fingerprint density at radius 3 is 2.35 bits per heavy atom. The largest absolute Gasteiger partial charge is 0.348 e. The molecule has 0 radical (unpaired) electrons. The number of nitrogens with one attached hydrogen (secondary N) is 1. The number of benzene rings is 4. The van der Waals surface area contributed by atoms with Crippen molar-refractivity contribution in [2.75, 3.05) is 4.90 Å². The highest BCUT2D eigenvalue weighted by molar-refractivity contribution is 8.04. The lowest BCUT2D eigenvalue weighted by atomic mass is 10.1. The fourth-order valence-electron chi connectivity index (χ4n) is 3.97. The Morgan fingerprint density at radius 2 is 1.62 bits per heavy atom. The predicted octanol–water partition coefficient (Wildman–Crippen LogP) is 7.09. The van der Waals surface area contributed by atoms with Crippen molar-refractivity contribution in [1.82, 2.24) is 5.32 Å². The number of amides is 2. The van der Waals surface area contributed by atoms with E-state index >= 15 is 0 Å². The molecule has 1 heterocycles. The van der Waals surface area contributed by atoms with Crippen LogP contribution in [0, 0.1) is 5.82 Å². The molecule has 1 N–H and O–H groups in total. The second kappa shape index (κ2) is 11.0.